The van der Waals surface area contributed by atoms with Gasteiger partial charge >= 0.3 is 0 Å². The Bertz CT molecular complexity index is 1190. The van der Waals surface area contributed by atoms with Gasteiger partial charge in [0.1, 0.15) is 10.6 Å². The summed E-state index contributed by atoms with van der Waals surface area (Å²) in [6, 6.07) is 21.5. The number of nitrogens with zero attached hydrogens (tertiary/aromatic N) is 1. The minimum absolute atomic E-state index is 0.0956. The summed E-state index contributed by atoms with van der Waals surface area (Å²) in [4.78, 5) is 8.83. The number of aromatic amines is 1. The maximum absolute atomic E-state index is 12.6. The van der Waals surface area contributed by atoms with Crippen LogP contribution < -0.4 is 9.46 Å². The second-order valence-corrected chi connectivity index (χ2v) is 8.65. The van der Waals surface area contributed by atoms with E-state index in [1.807, 2.05) is 36.4 Å². The fourth-order valence-electron chi connectivity index (χ4n) is 2.73. The topological polar surface area (TPSA) is 84.1 Å². The fraction of sp³-hybridized carbons (Fsp3) is 0.0500. The van der Waals surface area contributed by atoms with Gasteiger partial charge in [-0.2, -0.15) is 0 Å². The maximum atomic E-state index is 12.6. The van der Waals surface area contributed by atoms with Gasteiger partial charge in [0.05, 0.1) is 18.1 Å². The van der Waals surface area contributed by atoms with Crippen molar-refractivity contribution >= 4 is 38.5 Å². The van der Waals surface area contributed by atoms with E-state index < -0.39 is 10.0 Å². The van der Waals surface area contributed by atoms with Crippen molar-refractivity contribution in [1.29, 1.82) is 0 Å². The number of aromatic nitrogens is 2. The van der Waals surface area contributed by atoms with E-state index in [1.54, 1.807) is 30.3 Å². The van der Waals surface area contributed by atoms with Crippen LogP contribution in [0.25, 0.3) is 11.0 Å². The molecule has 0 aliphatic heterocycles. The van der Waals surface area contributed by atoms with Crippen molar-refractivity contribution < 1.29 is 13.2 Å². The summed E-state index contributed by atoms with van der Waals surface area (Å²) >= 11 is 1.48. The maximum Gasteiger partial charge on any atom is 0.265 e. The van der Waals surface area contributed by atoms with Crippen LogP contribution in [0.15, 0.2) is 87.7 Å². The predicted molar refractivity (Wildman–Crippen MR) is 110 cm³/mol. The number of anilines is 1. The number of sulfonamides is 1. The second-order valence-electron chi connectivity index (χ2n) is 5.94. The molecule has 2 N–H and O–H groups in total. The normalized spacial score (nSPS) is 11.5. The molecule has 142 valence electrons. The number of hydrogen-bond acceptors (Lipinski definition) is 5. The minimum Gasteiger partial charge on any atom is -0.495 e. The summed E-state index contributed by atoms with van der Waals surface area (Å²) in [7, 11) is -2.30. The van der Waals surface area contributed by atoms with Gasteiger partial charge in [-0.15, -0.1) is 0 Å². The van der Waals surface area contributed by atoms with Gasteiger partial charge in [0.2, 0.25) is 0 Å². The zero-order valence-corrected chi connectivity index (χ0v) is 16.5. The molecule has 8 heteroatoms. The summed E-state index contributed by atoms with van der Waals surface area (Å²) < 4.78 is 33.0. The van der Waals surface area contributed by atoms with Gasteiger partial charge < -0.3 is 9.72 Å². The lowest BCUT2D eigenvalue weighted by molar-refractivity contribution is 0.403. The molecule has 0 saturated carbocycles. The molecule has 4 aromatic rings. The third-order valence-electron chi connectivity index (χ3n) is 4.05. The predicted octanol–water partition coefficient (Wildman–Crippen LogP) is 4.52. The van der Waals surface area contributed by atoms with Gasteiger partial charge in [0.15, 0.2) is 5.16 Å². The van der Waals surface area contributed by atoms with Crippen molar-refractivity contribution in [3.63, 3.8) is 0 Å². The Hall–Kier alpha value is -2.97. The van der Waals surface area contributed by atoms with Crippen LogP contribution in [0.1, 0.15) is 0 Å². The summed E-state index contributed by atoms with van der Waals surface area (Å²) in [5.74, 6) is 0.298. The van der Waals surface area contributed by atoms with Crippen LogP contribution >= 0.6 is 11.8 Å². The lowest BCUT2D eigenvalue weighted by atomic mass is 10.3. The van der Waals surface area contributed by atoms with Gasteiger partial charge in [-0.1, -0.05) is 36.0 Å². The summed E-state index contributed by atoms with van der Waals surface area (Å²) in [5.41, 5.74) is 2.36. The summed E-state index contributed by atoms with van der Waals surface area (Å²) in [5, 5.41) is 0.781. The van der Waals surface area contributed by atoms with Crippen LogP contribution in [-0.4, -0.2) is 25.5 Å². The molecule has 0 radical (unpaired) electrons. The first kappa shape index (κ1) is 18.4. The zero-order valence-electron chi connectivity index (χ0n) is 14.9. The molecule has 0 bridgehead atoms. The molecule has 0 saturated heterocycles. The van der Waals surface area contributed by atoms with Crippen LogP contribution in [-0.2, 0) is 10.0 Å². The monoisotopic (exact) mass is 411 g/mol. The molecule has 0 unspecified atom stereocenters. The molecule has 3 aromatic carbocycles. The molecule has 0 spiro atoms. The van der Waals surface area contributed by atoms with E-state index in [9.17, 15) is 8.42 Å². The zero-order chi connectivity index (χ0) is 19.6. The lowest BCUT2D eigenvalue weighted by Gasteiger charge is -2.11. The molecule has 0 atom stereocenters. The molecule has 1 heterocycles. The minimum atomic E-state index is -3.75. The molecule has 0 fully saturated rings. The average Bonchev–Trinajstić information content (AvgIpc) is 3.11. The van der Waals surface area contributed by atoms with Gasteiger partial charge in [-0.05, 0) is 48.5 Å². The van der Waals surface area contributed by atoms with Crippen LogP contribution in [0, 0.1) is 0 Å². The highest BCUT2D eigenvalue weighted by Gasteiger charge is 2.19. The second kappa shape index (κ2) is 7.57. The Labute approximate surface area is 167 Å². The molecule has 0 aliphatic rings. The van der Waals surface area contributed by atoms with E-state index in [0.717, 1.165) is 21.1 Å². The number of benzene rings is 3. The van der Waals surface area contributed by atoms with Crippen LogP contribution in [0.4, 0.5) is 5.69 Å². The standard InChI is InChI=1S/C20H17N3O3S2/c1-26-18-8-4-5-9-19(18)28(24,25)23-14-10-12-15(13-11-14)27-20-21-16-6-2-3-7-17(16)22-20/h2-13,23H,1H3,(H,21,22). The molecule has 0 amide bonds. The fourth-order valence-corrected chi connectivity index (χ4v) is 4.76. The Balaban J connectivity index is 1.51. The van der Waals surface area contributed by atoms with E-state index in [1.165, 1.54) is 24.9 Å². The van der Waals surface area contributed by atoms with Crippen LogP contribution in [0.2, 0.25) is 0 Å². The summed E-state index contributed by atoms with van der Waals surface area (Å²) in [6.45, 7) is 0. The van der Waals surface area contributed by atoms with E-state index in [0.29, 0.717) is 11.4 Å². The average molecular weight is 412 g/mol. The van der Waals surface area contributed by atoms with Gasteiger partial charge in [0.25, 0.3) is 10.0 Å². The van der Waals surface area contributed by atoms with Crippen molar-refractivity contribution in [3.8, 4) is 5.75 Å². The number of fused-ring (bicyclic) bond motifs is 1. The highest BCUT2D eigenvalue weighted by molar-refractivity contribution is 7.99. The largest absolute Gasteiger partial charge is 0.495 e. The van der Waals surface area contributed by atoms with Gasteiger partial charge in [-0.25, -0.2) is 13.4 Å². The third kappa shape index (κ3) is 3.83. The van der Waals surface area contributed by atoms with Gasteiger partial charge in [0, 0.05) is 10.6 Å². The van der Waals surface area contributed by atoms with Crippen molar-refractivity contribution in [3.05, 3.63) is 72.8 Å². The van der Waals surface area contributed by atoms with E-state index in [4.69, 9.17) is 4.74 Å². The Morgan fingerprint density at radius 2 is 1.68 bits per heavy atom. The highest BCUT2D eigenvalue weighted by Crippen LogP contribution is 2.29. The summed E-state index contributed by atoms with van der Waals surface area (Å²) in [6.07, 6.45) is 0. The number of methoxy groups -OCH3 is 1. The van der Waals surface area contributed by atoms with Crippen molar-refractivity contribution in [2.45, 2.75) is 14.9 Å². The third-order valence-corrected chi connectivity index (χ3v) is 6.36. The molecular weight excluding hydrogens is 394 g/mol. The smallest absolute Gasteiger partial charge is 0.265 e. The van der Waals surface area contributed by atoms with Gasteiger partial charge in [-0.3, -0.25) is 4.72 Å². The van der Waals surface area contributed by atoms with Crippen molar-refractivity contribution in [2.24, 2.45) is 0 Å². The first-order chi connectivity index (χ1) is 13.5. The molecule has 1 aromatic heterocycles. The van der Waals surface area contributed by atoms with E-state index in [2.05, 4.69) is 14.7 Å². The number of imidazole rings is 1. The Kier molecular flexibility index (Phi) is 4.97. The number of rotatable bonds is 6. The Morgan fingerprint density at radius 3 is 2.43 bits per heavy atom. The number of H-pyrrole nitrogens is 1. The molecule has 0 aliphatic carbocycles. The van der Waals surface area contributed by atoms with E-state index >= 15 is 0 Å². The number of hydrogen-bond donors (Lipinski definition) is 2. The lowest BCUT2D eigenvalue weighted by Crippen LogP contribution is -2.13. The number of para-hydroxylation sites is 3. The highest BCUT2D eigenvalue weighted by atomic mass is 32.2. The van der Waals surface area contributed by atoms with Crippen molar-refractivity contribution in [2.75, 3.05) is 11.8 Å². The molecular formula is C20H17N3O3S2. The first-order valence-corrected chi connectivity index (χ1v) is 10.7. The molecule has 6 nitrogen and oxygen atoms in total. The molecule has 4 rings (SSSR count). The van der Waals surface area contributed by atoms with E-state index in [-0.39, 0.29) is 4.90 Å². The van der Waals surface area contributed by atoms with Crippen molar-refractivity contribution in [1.82, 2.24) is 9.97 Å². The Morgan fingerprint density at radius 1 is 0.964 bits per heavy atom. The first-order valence-electron chi connectivity index (χ1n) is 8.44. The number of ether oxygens (including phenoxy) is 1. The molecule has 28 heavy (non-hydrogen) atoms. The SMILES string of the molecule is COc1ccccc1S(=O)(=O)Nc1ccc(Sc2nc3ccccc3[nH]2)cc1. The quantitative estimate of drug-likeness (QED) is 0.487. The van der Waals surface area contributed by atoms with Crippen LogP contribution in [0.5, 0.6) is 5.75 Å². The number of nitrogens with one attached hydrogen (secondary N) is 2. The van der Waals surface area contributed by atoms with Crippen LogP contribution in [0.3, 0.4) is 0 Å².